The van der Waals surface area contributed by atoms with Crippen LogP contribution >= 0.6 is 21.9 Å². The maximum absolute atomic E-state index is 12.0. The smallest absolute Gasteiger partial charge is 0.250 e. The summed E-state index contributed by atoms with van der Waals surface area (Å²) < 4.78 is 25.1. The second-order valence-corrected chi connectivity index (χ2v) is 10.3. The van der Waals surface area contributed by atoms with Gasteiger partial charge in [0.1, 0.15) is 0 Å². The number of aromatic nitrogens is 1. The summed E-state index contributed by atoms with van der Waals surface area (Å²) in [5.74, 6) is 0.605. The number of hydrogen-bond acceptors (Lipinski definition) is 5. The van der Waals surface area contributed by atoms with E-state index in [0.29, 0.717) is 17.1 Å². The number of amides is 1. The molecule has 3 aromatic rings. The van der Waals surface area contributed by atoms with E-state index < -0.39 is 16.5 Å². The molecule has 2 aromatic heterocycles. The third-order valence-corrected chi connectivity index (χ3v) is 8.05. The van der Waals surface area contributed by atoms with E-state index in [2.05, 4.69) is 11.1 Å². The predicted octanol–water partition coefficient (Wildman–Crippen LogP) is 4.63. The van der Waals surface area contributed by atoms with Crippen molar-refractivity contribution in [1.82, 2.24) is 4.98 Å². The Morgan fingerprint density at radius 3 is 2.67 bits per heavy atom. The zero-order valence-electron chi connectivity index (χ0n) is 14.9. The Balaban J connectivity index is 1.81. The number of H-pyrrole nitrogens is 1. The van der Waals surface area contributed by atoms with Crippen LogP contribution in [0.1, 0.15) is 34.7 Å². The van der Waals surface area contributed by atoms with E-state index in [4.69, 9.17) is 10.5 Å². The zero-order valence-corrected chi connectivity index (χ0v) is 16.5. The van der Waals surface area contributed by atoms with Crippen molar-refractivity contribution in [3.63, 3.8) is 0 Å². The Hall–Kier alpha value is -2.00. The van der Waals surface area contributed by atoms with E-state index >= 15 is 0 Å². The normalized spacial score (nSPS) is 18.5. The van der Waals surface area contributed by atoms with Gasteiger partial charge < -0.3 is 15.5 Å². The van der Waals surface area contributed by atoms with E-state index in [1.54, 1.807) is 7.11 Å². The number of hydrogen-bond donors (Lipinski definition) is 4. The van der Waals surface area contributed by atoms with Crippen LogP contribution in [-0.2, 0) is 0 Å². The van der Waals surface area contributed by atoms with Gasteiger partial charge in [-0.2, -0.15) is 10.6 Å². The summed E-state index contributed by atoms with van der Waals surface area (Å²) in [4.78, 5) is 16.3. The van der Waals surface area contributed by atoms with Crippen LogP contribution in [0.2, 0.25) is 0 Å². The first-order valence-corrected chi connectivity index (χ1v) is 11.4. The number of ether oxygens (including phenoxy) is 1. The molecule has 0 aliphatic carbocycles. The van der Waals surface area contributed by atoms with Gasteiger partial charge in [0.05, 0.1) is 18.2 Å². The molecule has 1 aromatic carbocycles. The van der Waals surface area contributed by atoms with Crippen molar-refractivity contribution in [3.8, 4) is 15.5 Å². The van der Waals surface area contributed by atoms with E-state index in [9.17, 15) is 13.9 Å². The van der Waals surface area contributed by atoms with Gasteiger partial charge in [-0.1, -0.05) is 11.3 Å². The molecule has 1 saturated heterocycles. The molecule has 0 bridgehead atoms. The molecule has 1 aliphatic rings. The molecule has 4 rings (SSSR count). The van der Waals surface area contributed by atoms with Gasteiger partial charge in [-0.3, -0.25) is 13.9 Å². The highest BCUT2D eigenvalue weighted by atomic mass is 32.3. The highest BCUT2D eigenvalue weighted by Gasteiger charge is 2.27. The molecule has 1 fully saturated rings. The van der Waals surface area contributed by atoms with Crippen LogP contribution in [0.15, 0.2) is 30.5 Å². The molecule has 3 heterocycles. The molecule has 0 radical (unpaired) electrons. The summed E-state index contributed by atoms with van der Waals surface area (Å²) in [6.07, 6.45) is 3.37. The maximum atomic E-state index is 12.0. The summed E-state index contributed by atoms with van der Waals surface area (Å²) in [7, 11) is -0.799. The van der Waals surface area contributed by atoms with Gasteiger partial charge in [0.25, 0.3) is 5.91 Å². The van der Waals surface area contributed by atoms with Gasteiger partial charge in [-0.15, -0.1) is 0 Å². The molecule has 0 spiro atoms. The maximum Gasteiger partial charge on any atom is 0.250 e. The second-order valence-electron chi connectivity index (χ2n) is 6.86. The van der Waals surface area contributed by atoms with Gasteiger partial charge in [-0.05, 0) is 54.2 Å². The highest BCUT2D eigenvalue weighted by Crippen LogP contribution is 2.49. The molecule has 5 N–H and O–H groups in total. The van der Waals surface area contributed by atoms with Gasteiger partial charge in [-0.25, -0.2) is 0 Å². The van der Waals surface area contributed by atoms with Crippen LogP contribution in [-0.4, -0.2) is 38.6 Å². The SMILES string of the molecule is COc1ccc(-c2cc(C(N)=O)c3[nH]cc(C4CCS(O)(O)CC4)c3c2)s1. The van der Waals surface area contributed by atoms with Crippen molar-refractivity contribution in [2.75, 3.05) is 18.6 Å². The minimum atomic E-state index is -2.43. The number of aromatic amines is 1. The number of nitrogens with one attached hydrogen (secondary N) is 1. The summed E-state index contributed by atoms with van der Waals surface area (Å²) in [6.45, 7) is 0. The van der Waals surface area contributed by atoms with Crippen molar-refractivity contribution in [1.29, 1.82) is 0 Å². The summed E-state index contributed by atoms with van der Waals surface area (Å²) in [5.41, 5.74) is 8.86. The van der Waals surface area contributed by atoms with Crippen molar-refractivity contribution in [2.45, 2.75) is 18.8 Å². The highest BCUT2D eigenvalue weighted by molar-refractivity contribution is 8.24. The number of methoxy groups -OCH3 is 1. The number of rotatable bonds is 4. The molecule has 8 heteroatoms. The molecule has 6 nitrogen and oxygen atoms in total. The molecule has 1 aliphatic heterocycles. The van der Waals surface area contributed by atoms with Crippen molar-refractivity contribution in [2.24, 2.45) is 5.73 Å². The van der Waals surface area contributed by atoms with Gasteiger partial charge in [0, 0.05) is 28.0 Å². The minimum Gasteiger partial charge on any atom is -0.487 e. The van der Waals surface area contributed by atoms with Gasteiger partial charge in [0.15, 0.2) is 5.06 Å². The average molecular weight is 407 g/mol. The Labute approximate surface area is 162 Å². The van der Waals surface area contributed by atoms with Crippen molar-refractivity contribution in [3.05, 3.63) is 41.6 Å². The molecule has 144 valence electrons. The number of fused-ring (bicyclic) bond motifs is 1. The molecular weight excluding hydrogens is 384 g/mol. The summed E-state index contributed by atoms with van der Waals surface area (Å²) in [5, 5.41) is 1.77. The molecule has 0 atom stereocenters. The first-order valence-electron chi connectivity index (χ1n) is 8.70. The lowest BCUT2D eigenvalue weighted by molar-refractivity contribution is 0.100. The number of carbonyl (C=O) groups is 1. The minimum absolute atomic E-state index is 0.229. The Morgan fingerprint density at radius 1 is 1.30 bits per heavy atom. The fourth-order valence-corrected chi connectivity index (χ4v) is 6.07. The van der Waals surface area contributed by atoms with Gasteiger partial charge >= 0.3 is 0 Å². The van der Waals surface area contributed by atoms with Crippen molar-refractivity contribution < 1.29 is 18.6 Å². The third-order valence-electron chi connectivity index (χ3n) is 5.18. The average Bonchev–Trinajstić information content (AvgIpc) is 3.27. The number of benzene rings is 1. The van der Waals surface area contributed by atoms with E-state index in [0.717, 1.165) is 44.8 Å². The molecule has 27 heavy (non-hydrogen) atoms. The monoisotopic (exact) mass is 406 g/mol. The quantitative estimate of drug-likeness (QED) is 0.506. The standard InChI is InChI=1S/C19H22N2O4S2/c1-25-17-3-2-16(26-17)12-8-13-15(11-4-6-27(23,24)7-5-11)10-21-18(13)14(9-12)19(20)22/h2-3,8-11,21,23-24H,4-7H2,1H3,(H2,20,22). The molecular formula is C19H22N2O4S2. The fourth-order valence-electron chi connectivity index (χ4n) is 3.73. The zero-order chi connectivity index (χ0) is 19.2. The fraction of sp³-hybridized carbons (Fsp3) is 0.316. The second kappa shape index (κ2) is 6.87. The van der Waals surface area contributed by atoms with Crippen LogP contribution in [0.4, 0.5) is 0 Å². The van der Waals surface area contributed by atoms with Crippen molar-refractivity contribution >= 4 is 38.7 Å². The Kier molecular flexibility index (Phi) is 4.67. The number of thiophene rings is 1. The number of nitrogens with two attached hydrogens (primary N) is 1. The number of carbonyl (C=O) groups excluding carboxylic acids is 1. The molecule has 0 saturated carbocycles. The largest absolute Gasteiger partial charge is 0.487 e. The molecule has 0 unspecified atom stereocenters. The lowest BCUT2D eigenvalue weighted by Crippen LogP contribution is -2.19. The number of primary amides is 1. The Morgan fingerprint density at radius 2 is 2.04 bits per heavy atom. The van der Waals surface area contributed by atoms with Crippen LogP contribution in [0.3, 0.4) is 0 Å². The van der Waals surface area contributed by atoms with E-state index in [1.165, 1.54) is 11.3 Å². The van der Waals surface area contributed by atoms with Crippen LogP contribution in [0.25, 0.3) is 21.3 Å². The lowest BCUT2D eigenvalue weighted by Gasteiger charge is -2.39. The third kappa shape index (κ3) is 3.45. The lowest BCUT2D eigenvalue weighted by atomic mass is 9.91. The van der Waals surface area contributed by atoms with Crippen LogP contribution in [0.5, 0.6) is 5.06 Å². The summed E-state index contributed by atoms with van der Waals surface area (Å²) in [6, 6.07) is 7.76. The summed E-state index contributed by atoms with van der Waals surface area (Å²) >= 11 is 1.51. The van der Waals surface area contributed by atoms with E-state index in [-0.39, 0.29) is 5.92 Å². The first-order chi connectivity index (χ1) is 12.9. The topological polar surface area (TPSA) is 109 Å². The molecule has 1 amide bonds. The Bertz CT molecular complexity index is 998. The predicted molar refractivity (Wildman–Crippen MR) is 111 cm³/mol. The first kappa shape index (κ1) is 18.4. The van der Waals surface area contributed by atoms with Crippen LogP contribution in [0, 0.1) is 0 Å². The van der Waals surface area contributed by atoms with E-state index in [1.807, 2.05) is 24.4 Å². The van der Waals surface area contributed by atoms with Gasteiger partial charge in [0.2, 0.25) is 0 Å². The van der Waals surface area contributed by atoms with Crippen LogP contribution < -0.4 is 10.5 Å².